The summed E-state index contributed by atoms with van der Waals surface area (Å²) in [7, 11) is 0. The van der Waals surface area contributed by atoms with Crippen molar-refractivity contribution in [3.05, 3.63) is 11.7 Å². The predicted molar refractivity (Wildman–Crippen MR) is 76.9 cm³/mol. The third kappa shape index (κ3) is 3.08. The van der Waals surface area contributed by atoms with Crippen molar-refractivity contribution in [2.24, 2.45) is 0 Å². The van der Waals surface area contributed by atoms with E-state index in [-0.39, 0.29) is 17.8 Å². The zero-order valence-electron chi connectivity index (χ0n) is 12.7. The Morgan fingerprint density at radius 3 is 2.71 bits per heavy atom. The van der Waals surface area contributed by atoms with Gasteiger partial charge in [-0.3, -0.25) is 9.69 Å². The third-order valence-electron chi connectivity index (χ3n) is 4.32. The molecule has 21 heavy (non-hydrogen) atoms. The summed E-state index contributed by atoms with van der Waals surface area (Å²) < 4.78 is 5.24. The van der Waals surface area contributed by atoms with Crippen molar-refractivity contribution < 1.29 is 9.32 Å². The second-order valence-corrected chi connectivity index (χ2v) is 6.03. The normalized spacial score (nSPS) is 24.0. The maximum Gasteiger partial charge on any atom is 0.295 e. The van der Waals surface area contributed by atoms with Gasteiger partial charge in [0, 0.05) is 32.2 Å². The third-order valence-corrected chi connectivity index (χ3v) is 4.32. The largest absolute Gasteiger partial charge is 0.337 e. The molecule has 0 spiro atoms. The fourth-order valence-corrected chi connectivity index (χ4v) is 2.94. The Balaban J connectivity index is 1.60. The van der Waals surface area contributed by atoms with Gasteiger partial charge in [0.25, 0.3) is 11.7 Å². The quantitative estimate of drug-likeness (QED) is 0.882. The van der Waals surface area contributed by atoms with Gasteiger partial charge in [-0.25, -0.2) is 0 Å². The molecule has 2 saturated heterocycles. The molecule has 1 aromatic rings. The number of carbonyl (C=O) groups excluding carboxylic acids is 1. The van der Waals surface area contributed by atoms with Crippen molar-refractivity contribution >= 4 is 5.91 Å². The highest BCUT2D eigenvalue weighted by Crippen LogP contribution is 2.21. The summed E-state index contributed by atoms with van der Waals surface area (Å²) in [6, 6.07) is 0.629. The number of aromatic nitrogens is 2. The van der Waals surface area contributed by atoms with Crippen LogP contribution in [0.25, 0.3) is 0 Å². The maximum absolute atomic E-state index is 12.4. The number of nitrogens with one attached hydrogen (secondary N) is 1. The second kappa shape index (κ2) is 6.11. The molecule has 0 saturated carbocycles. The van der Waals surface area contributed by atoms with E-state index < -0.39 is 0 Å². The van der Waals surface area contributed by atoms with E-state index in [1.807, 2.05) is 4.90 Å². The van der Waals surface area contributed by atoms with Crippen LogP contribution in [0.3, 0.4) is 0 Å². The first-order valence-corrected chi connectivity index (χ1v) is 7.75. The van der Waals surface area contributed by atoms with Crippen molar-refractivity contribution in [2.75, 3.05) is 32.7 Å². The molecule has 1 unspecified atom stereocenters. The molecule has 2 aliphatic heterocycles. The molecule has 1 atom stereocenters. The molecule has 2 fully saturated rings. The van der Waals surface area contributed by atoms with Gasteiger partial charge in [-0.15, -0.1) is 0 Å². The fraction of sp³-hybridized carbons (Fsp3) is 0.786. The molecule has 1 aromatic heterocycles. The molecular formula is C14H23N5O2. The van der Waals surface area contributed by atoms with E-state index in [1.165, 1.54) is 0 Å². The van der Waals surface area contributed by atoms with E-state index in [1.54, 1.807) is 0 Å². The average molecular weight is 293 g/mol. The van der Waals surface area contributed by atoms with Crippen molar-refractivity contribution in [2.45, 2.75) is 38.8 Å². The molecule has 2 aliphatic rings. The van der Waals surface area contributed by atoms with Gasteiger partial charge in [-0.05, 0) is 33.2 Å². The van der Waals surface area contributed by atoms with Crippen LogP contribution >= 0.6 is 0 Å². The van der Waals surface area contributed by atoms with Gasteiger partial charge in [0.15, 0.2) is 0 Å². The van der Waals surface area contributed by atoms with Crippen LogP contribution in [0.15, 0.2) is 4.52 Å². The van der Waals surface area contributed by atoms with Crippen LogP contribution in [0.1, 0.15) is 49.2 Å². The monoisotopic (exact) mass is 293 g/mol. The molecule has 0 aromatic carbocycles. The molecule has 3 heterocycles. The predicted octanol–water partition coefficient (Wildman–Crippen LogP) is 0.660. The Bertz CT molecular complexity index is 487. The Hall–Kier alpha value is -1.47. The zero-order valence-corrected chi connectivity index (χ0v) is 12.7. The van der Waals surface area contributed by atoms with Crippen LogP contribution < -0.4 is 5.32 Å². The summed E-state index contributed by atoms with van der Waals surface area (Å²) in [6.07, 6.45) is 2.09. The number of rotatable bonds is 3. The van der Waals surface area contributed by atoms with Crippen molar-refractivity contribution in [3.8, 4) is 0 Å². The van der Waals surface area contributed by atoms with Gasteiger partial charge in [-0.2, -0.15) is 4.98 Å². The average Bonchev–Trinajstić information content (AvgIpc) is 3.17. The van der Waals surface area contributed by atoms with E-state index in [9.17, 15) is 4.79 Å². The Morgan fingerprint density at radius 1 is 1.33 bits per heavy atom. The van der Waals surface area contributed by atoms with E-state index in [0.29, 0.717) is 11.9 Å². The van der Waals surface area contributed by atoms with Gasteiger partial charge in [0.1, 0.15) is 0 Å². The minimum Gasteiger partial charge on any atom is -0.337 e. The van der Waals surface area contributed by atoms with Gasteiger partial charge in [0.05, 0.1) is 6.04 Å². The van der Waals surface area contributed by atoms with Crippen LogP contribution in [0.4, 0.5) is 0 Å². The zero-order chi connectivity index (χ0) is 14.8. The maximum atomic E-state index is 12.4. The highest BCUT2D eigenvalue weighted by atomic mass is 16.5. The van der Waals surface area contributed by atoms with E-state index in [0.717, 1.165) is 45.6 Å². The second-order valence-electron chi connectivity index (χ2n) is 6.03. The van der Waals surface area contributed by atoms with Crippen LogP contribution in [0.5, 0.6) is 0 Å². The first-order chi connectivity index (χ1) is 10.1. The number of carbonyl (C=O) groups is 1. The summed E-state index contributed by atoms with van der Waals surface area (Å²) in [5.74, 6) is 0.611. The molecule has 1 amide bonds. The Morgan fingerprint density at radius 2 is 2.10 bits per heavy atom. The van der Waals surface area contributed by atoms with E-state index in [4.69, 9.17) is 4.52 Å². The standard InChI is InChI=1S/C14H23N5O2/c1-10(2)18-6-8-19(9-7-18)14(20)12-16-13(21-17-12)11-4-3-5-15-11/h10-11,15H,3-9H2,1-2H3. The number of amides is 1. The molecule has 1 N–H and O–H groups in total. The van der Waals surface area contributed by atoms with Crippen LogP contribution in [-0.4, -0.2) is 64.6 Å². The van der Waals surface area contributed by atoms with E-state index in [2.05, 4.69) is 34.2 Å². The lowest BCUT2D eigenvalue weighted by atomic mass is 10.2. The molecule has 7 nitrogen and oxygen atoms in total. The first kappa shape index (κ1) is 14.5. The summed E-state index contributed by atoms with van der Waals surface area (Å²) in [5.41, 5.74) is 0. The molecule has 116 valence electrons. The molecule has 3 rings (SSSR count). The minimum atomic E-state index is -0.119. The molecular weight excluding hydrogens is 270 g/mol. The van der Waals surface area contributed by atoms with Gasteiger partial charge < -0.3 is 14.7 Å². The lowest BCUT2D eigenvalue weighted by Gasteiger charge is -2.36. The minimum absolute atomic E-state index is 0.108. The van der Waals surface area contributed by atoms with Crippen LogP contribution in [0, 0.1) is 0 Å². The van der Waals surface area contributed by atoms with E-state index >= 15 is 0 Å². The highest BCUT2D eigenvalue weighted by Gasteiger charge is 2.28. The summed E-state index contributed by atoms with van der Waals surface area (Å²) in [4.78, 5) is 20.9. The summed E-state index contributed by atoms with van der Waals surface area (Å²) in [6.45, 7) is 8.57. The number of piperazine rings is 1. The smallest absolute Gasteiger partial charge is 0.295 e. The first-order valence-electron chi connectivity index (χ1n) is 7.75. The topological polar surface area (TPSA) is 74.5 Å². The van der Waals surface area contributed by atoms with Crippen LogP contribution in [0.2, 0.25) is 0 Å². The van der Waals surface area contributed by atoms with Gasteiger partial charge in [0.2, 0.25) is 5.89 Å². The molecule has 0 radical (unpaired) electrons. The summed E-state index contributed by atoms with van der Waals surface area (Å²) >= 11 is 0. The van der Waals surface area contributed by atoms with Gasteiger partial charge in [-0.1, -0.05) is 5.16 Å². The van der Waals surface area contributed by atoms with Crippen molar-refractivity contribution in [1.82, 2.24) is 25.3 Å². The number of hydrogen-bond donors (Lipinski definition) is 1. The lowest BCUT2D eigenvalue weighted by Crippen LogP contribution is -2.50. The number of nitrogens with zero attached hydrogens (tertiary/aromatic N) is 4. The fourth-order valence-electron chi connectivity index (χ4n) is 2.94. The van der Waals surface area contributed by atoms with Crippen molar-refractivity contribution in [1.29, 1.82) is 0 Å². The SMILES string of the molecule is CC(C)N1CCN(C(=O)c2noc(C3CCCN3)n2)CC1. The molecule has 0 bridgehead atoms. The highest BCUT2D eigenvalue weighted by molar-refractivity contribution is 5.90. The Labute approximate surface area is 124 Å². The van der Waals surface area contributed by atoms with Gasteiger partial charge >= 0.3 is 0 Å². The van der Waals surface area contributed by atoms with Crippen molar-refractivity contribution in [3.63, 3.8) is 0 Å². The Kier molecular flexibility index (Phi) is 4.21. The van der Waals surface area contributed by atoms with Crippen LogP contribution in [-0.2, 0) is 0 Å². The molecule has 7 heteroatoms. The number of hydrogen-bond acceptors (Lipinski definition) is 6. The lowest BCUT2D eigenvalue weighted by molar-refractivity contribution is 0.0581. The summed E-state index contributed by atoms with van der Waals surface area (Å²) in [5, 5.41) is 7.15. The molecule has 0 aliphatic carbocycles.